The minimum atomic E-state index is -0.485. The smallest absolute Gasteiger partial charge is 0.186 e. The topological polar surface area (TPSA) is 30.7 Å². The molecule has 0 amide bonds. The molecule has 0 atom stereocenters. The van der Waals surface area contributed by atoms with E-state index in [1.165, 1.54) is 16.8 Å². The largest absolute Gasteiger partial charge is 0.248 e. The summed E-state index contributed by atoms with van der Waals surface area (Å²) in [5.41, 5.74) is 0.773. The summed E-state index contributed by atoms with van der Waals surface area (Å²) in [6, 6.07) is 8.05. The Bertz CT molecular complexity index is 891. The van der Waals surface area contributed by atoms with E-state index in [0.717, 1.165) is 3.57 Å². The predicted octanol–water partition coefficient (Wildman–Crippen LogP) is 5.85. The molecule has 23 heavy (non-hydrogen) atoms. The standard InChI is InChI=1S/C15H8Cl3FIN3/c1-23-15(7-5-6-10(20)13(18)12(7)17)21-14(22-23)11-8(16)3-2-4-9(11)19/h2-6H,1H3. The number of rotatable bonds is 2. The SMILES string of the molecule is Cn1nc(-c2c(F)cccc2Cl)nc1-c1ccc(I)c(Cl)c1Cl. The zero-order valence-corrected chi connectivity index (χ0v) is 16.0. The summed E-state index contributed by atoms with van der Waals surface area (Å²) in [7, 11) is 1.70. The second-order valence-electron chi connectivity index (χ2n) is 4.70. The van der Waals surface area contributed by atoms with E-state index in [2.05, 4.69) is 32.7 Å². The second kappa shape index (κ2) is 6.55. The Morgan fingerprint density at radius 2 is 1.83 bits per heavy atom. The van der Waals surface area contributed by atoms with Crippen LogP contribution in [-0.4, -0.2) is 14.8 Å². The van der Waals surface area contributed by atoms with Gasteiger partial charge in [0, 0.05) is 16.2 Å². The maximum atomic E-state index is 14.1. The highest BCUT2D eigenvalue weighted by Gasteiger charge is 2.20. The van der Waals surface area contributed by atoms with Gasteiger partial charge < -0.3 is 0 Å². The summed E-state index contributed by atoms with van der Waals surface area (Å²) in [5, 5.41) is 5.31. The van der Waals surface area contributed by atoms with E-state index in [1.54, 1.807) is 19.2 Å². The van der Waals surface area contributed by atoms with Crippen LogP contribution in [0.2, 0.25) is 15.1 Å². The van der Waals surface area contributed by atoms with Gasteiger partial charge in [0.25, 0.3) is 0 Å². The van der Waals surface area contributed by atoms with Crippen molar-refractivity contribution in [1.82, 2.24) is 14.8 Å². The molecular formula is C15H8Cl3FIN3. The van der Waals surface area contributed by atoms with Gasteiger partial charge in [-0.1, -0.05) is 40.9 Å². The number of halogens is 5. The fraction of sp³-hybridized carbons (Fsp3) is 0.0667. The summed E-state index contributed by atoms with van der Waals surface area (Å²) in [6.07, 6.45) is 0. The first-order valence-corrected chi connectivity index (χ1v) is 8.60. The van der Waals surface area contributed by atoms with E-state index >= 15 is 0 Å². The molecule has 0 aliphatic heterocycles. The Morgan fingerprint density at radius 3 is 2.52 bits per heavy atom. The maximum absolute atomic E-state index is 14.1. The van der Waals surface area contributed by atoms with E-state index in [9.17, 15) is 4.39 Å². The molecule has 0 spiro atoms. The van der Waals surface area contributed by atoms with Gasteiger partial charge in [-0.15, -0.1) is 0 Å². The molecule has 3 rings (SSSR count). The van der Waals surface area contributed by atoms with Gasteiger partial charge in [0.05, 0.1) is 20.6 Å². The van der Waals surface area contributed by atoms with Crippen LogP contribution in [0.1, 0.15) is 0 Å². The molecule has 0 unspecified atom stereocenters. The van der Waals surface area contributed by atoms with Gasteiger partial charge in [0.15, 0.2) is 11.6 Å². The van der Waals surface area contributed by atoms with E-state index < -0.39 is 5.82 Å². The average molecular weight is 483 g/mol. The lowest BCUT2D eigenvalue weighted by Gasteiger charge is -2.06. The van der Waals surface area contributed by atoms with Crippen LogP contribution >= 0.6 is 57.4 Å². The fourth-order valence-corrected chi connectivity index (χ4v) is 3.41. The minimum Gasteiger partial charge on any atom is -0.248 e. The summed E-state index contributed by atoms with van der Waals surface area (Å²) < 4.78 is 16.4. The van der Waals surface area contributed by atoms with Crippen LogP contribution in [0.25, 0.3) is 22.8 Å². The molecule has 1 aromatic heterocycles. The Balaban J connectivity index is 2.18. The van der Waals surface area contributed by atoms with Crippen molar-refractivity contribution in [3.8, 4) is 22.8 Å². The summed E-state index contributed by atoms with van der Waals surface area (Å²) in [6.45, 7) is 0. The van der Waals surface area contributed by atoms with Crippen molar-refractivity contribution >= 4 is 57.4 Å². The third-order valence-corrected chi connectivity index (χ3v) is 5.64. The lowest BCUT2D eigenvalue weighted by atomic mass is 10.2. The van der Waals surface area contributed by atoms with Gasteiger partial charge in [-0.05, 0) is 46.9 Å². The molecule has 0 bridgehead atoms. The molecule has 0 fully saturated rings. The monoisotopic (exact) mass is 481 g/mol. The molecule has 0 aliphatic rings. The maximum Gasteiger partial charge on any atom is 0.186 e. The molecular weight excluding hydrogens is 474 g/mol. The molecule has 0 N–H and O–H groups in total. The number of hydrogen-bond acceptors (Lipinski definition) is 2. The number of aromatic nitrogens is 3. The zero-order valence-electron chi connectivity index (χ0n) is 11.6. The molecule has 0 aliphatic carbocycles. The van der Waals surface area contributed by atoms with Crippen molar-refractivity contribution in [2.75, 3.05) is 0 Å². The molecule has 3 nitrogen and oxygen atoms in total. The van der Waals surface area contributed by atoms with Crippen molar-refractivity contribution in [3.05, 3.63) is 54.8 Å². The van der Waals surface area contributed by atoms with Gasteiger partial charge in [0.1, 0.15) is 5.82 Å². The number of nitrogens with zero attached hydrogens (tertiary/aromatic N) is 3. The quantitative estimate of drug-likeness (QED) is 0.339. The van der Waals surface area contributed by atoms with E-state index in [-0.39, 0.29) is 16.4 Å². The first-order chi connectivity index (χ1) is 10.9. The van der Waals surface area contributed by atoms with Crippen LogP contribution in [0.15, 0.2) is 30.3 Å². The average Bonchev–Trinajstić information content (AvgIpc) is 2.86. The molecule has 3 aromatic rings. The summed E-state index contributed by atoms with van der Waals surface area (Å²) in [4.78, 5) is 4.39. The lowest BCUT2D eigenvalue weighted by Crippen LogP contribution is -1.96. The van der Waals surface area contributed by atoms with Gasteiger partial charge >= 0.3 is 0 Å². The first kappa shape index (κ1) is 17.0. The zero-order chi connectivity index (χ0) is 16.7. The van der Waals surface area contributed by atoms with Crippen LogP contribution in [0.4, 0.5) is 4.39 Å². The highest BCUT2D eigenvalue weighted by molar-refractivity contribution is 14.1. The Hall–Kier alpha value is -0.890. The van der Waals surface area contributed by atoms with Crippen LogP contribution in [0.5, 0.6) is 0 Å². The first-order valence-electron chi connectivity index (χ1n) is 6.39. The molecule has 0 radical (unpaired) electrons. The fourth-order valence-electron chi connectivity index (χ4n) is 2.13. The molecule has 0 saturated heterocycles. The van der Waals surface area contributed by atoms with Crippen LogP contribution in [0.3, 0.4) is 0 Å². The highest BCUT2D eigenvalue weighted by Crippen LogP contribution is 2.37. The molecule has 1 heterocycles. The van der Waals surface area contributed by atoms with Crippen molar-refractivity contribution in [1.29, 1.82) is 0 Å². The van der Waals surface area contributed by atoms with Gasteiger partial charge in [0.2, 0.25) is 0 Å². The summed E-state index contributed by atoms with van der Waals surface area (Å²) >= 11 is 20.6. The van der Waals surface area contributed by atoms with Gasteiger partial charge in [-0.3, -0.25) is 0 Å². The highest BCUT2D eigenvalue weighted by atomic mass is 127. The number of hydrogen-bond donors (Lipinski definition) is 0. The normalized spacial score (nSPS) is 11.0. The van der Waals surface area contributed by atoms with E-state index in [0.29, 0.717) is 21.4 Å². The van der Waals surface area contributed by atoms with Crippen molar-refractivity contribution in [2.45, 2.75) is 0 Å². The van der Waals surface area contributed by atoms with Crippen molar-refractivity contribution in [3.63, 3.8) is 0 Å². The molecule has 2 aromatic carbocycles. The van der Waals surface area contributed by atoms with Crippen LogP contribution in [0, 0.1) is 9.39 Å². The van der Waals surface area contributed by atoms with Crippen LogP contribution < -0.4 is 0 Å². The molecule has 0 saturated carbocycles. The van der Waals surface area contributed by atoms with E-state index in [4.69, 9.17) is 34.8 Å². The van der Waals surface area contributed by atoms with E-state index in [1.807, 2.05) is 6.07 Å². The van der Waals surface area contributed by atoms with Gasteiger partial charge in [-0.25, -0.2) is 14.1 Å². The molecule has 118 valence electrons. The minimum absolute atomic E-state index is 0.156. The second-order valence-corrected chi connectivity index (χ2v) is 7.03. The molecule has 8 heteroatoms. The Kier molecular flexibility index (Phi) is 4.83. The Morgan fingerprint density at radius 1 is 1.09 bits per heavy atom. The third-order valence-electron chi connectivity index (χ3n) is 3.23. The number of benzene rings is 2. The third kappa shape index (κ3) is 3.07. The van der Waals surface area contributed by atoms with Crippen molar-refractivity contribution < 1.29 is 4.39 Å². The predicted molar refractivity (Wildman–Crippen MR) is 99.6 cm³/mol. The van der Waals surface area contributed by atoms with Gasteiger partial charge in [-0.2, -0.15) is 5.10 Å². The Labute approximate surface area is 160 Å². The van der Waals surface area contributed by atoms with Crippen LogP contribution in [-0.2, 0) is 7.05 Å². The number of aryl methyl sites for hydroxylation is 1. The lowest BCUT2D eigenvalue weighted by molar-refractivity contribution is 0.629. The summed E-state index contributed by atoms with van der Waals surface area (Å²) in [5.74, 6) is 0.181. The van der Waals surface area contributed by atoms with Crippen molar-refractivity contribution in [2.24, 2.45) is 7.05 Å².